The standard InChI is InChI=1S/C17H14Cl3N5S/c18-12-6-4-11(5-7-12)8-21-17(26)23-16-22-10-25(24-16)9-13-14(19)2-1-3-15(13)20/h1-7,10H,8-9H2,(H2,21,23,24,26). The Labute approximate surface area is 171 Å². The Morgan fingerprint density at radius 2 is 1.73 bits per heavy atom. The monoisotopic (exact) mass is 425 g/mol. The van der Waals surface area contributed by atoms with E-state index < -0.39 is 0 Å². The molecule has 0 amide bonds. The summed E-state index contributed by atoms with van der Waals surface area (Å²) in [5.74, 6) is 0.391. The maximum Gasteiger partial charge on any atom is 0.248 e. The topological polar surface area (TPSA) is 54.8 Å². The first-order valence-corrected chi connectivity index (χ1v) is 9.17. The highest BCUT2D eigenvalue weighted by Gasteiger charge is 2.09. The molecule has 0 atom stereocenters. The van der Waals surface area contributed by atoms with Gasteiger partial charge in [0, 0.05) is 27.2 Å². The number of hydrogen-bond acceptors (Lipinski definition) is 3. The van der Waals surface area contributed by atoms with Gasteiger partial charge < -0.3 is 5.32 Å². The van der Waals surface area contributed by atoms with Crippen LogP contribution in [-0.2, 0) is 13.1 Å². The van der Waals surface area contributed by atoms with Gasteiger partial charge in [-0.2, -0.15) is 0 Å². The van der Waals surface area contributed by atoms with Crippen LogP contribution in [0, 0.1) is 0 Å². The molecule has 0 bridgehead atoms. The maximum absolute atomic E-state index is 6.18. The molecule has 0 spiro atoms. The lowest BCUT2D eigenvalue weighted by molar-refractivity contribution is 0.687. The molecule has 0 aliphatic rings. The highest BCUT2D eigenvalue weighted by Crippen LogP contribution is 2.24. The molecule has 26 heavy (non-hydrogen) atoms. The molecular weight excluding hydrogens is 413 g/mol. The summed E-state index contributed by atoms with van der Waals surface area (Å²) in [6.45, 7) is 0.983. The molecule has 9 heteroatoms. The number of rotatable bonds is 5. The third-order valence-electron chi connectivity index (χ3n) is 3.51. The first-order valence-electron chi connectivity index (χ1n) is 7.63. The van der Waals surface area contributed by atoms with Crippen molar-refractivity contribution < 1.29 is 0 Å². The largest absolute Gasteiger partial charge is 0.358 e. The fraction of sp³-hybridized carbons (Fsp3) is 0.118. The van der Waals surface area contributed by atoms with Crippen molar-refractivity contribution in [3.8, 4) is 0 Å². The predicted octanol–water partition coefficient (Wildman–Crippen LogP) is 4.77. The second kappa shape index (κ2) is 8.68. The van der Waals surface area contributed by atoms with E-state index in [1.807, 2.05) is 24.3 Å². The van der Waals surface area contributed by atoms with E-state index >= 15 is 0 Å². The van der Waals surface area contributed by atoms with Crippen LogP contribution in [0.1, 0.15) is 11.1 Å². The van der Waals surface area contributed by atoms with E-state index in [1.165, 1.54) is 0 Å². The zero-order valence-electron chi connectivity index (χ0n) is 13.4. The van der Waals surface area contributed by atoms with Gasteiger partial charge in [-0.1, -0.05) is 53.0 Å². The molecular formula is C17H14Cl3N5S. The molecule has 0 radical (unpaired) electrons. The summed E-state index contributed by atoms with van der Waals surface area (Å²) >= 11 is 23.5. The van der Waals surface area contributed by atoms with Crippen molar-refractivity contribution in [2.24, 2.45) is 0 Å². The summed E-state index contributed by atoms with van der Waals surface area (Å²) in [6, 6.07) is 12.9. The van der Waals surface area contributed by atoms with Gasteiger partial charge in [0.1, 0.15) is 6.33 Å². The minimum atomic E-state index is 0.391. The van der Waals surface area contributed by atoms with Crippen LogP contribution in [0.4, 0.5) is 5.95 Å². The third kappa shape index (κ3) is 5.08. The normalized spacial score (nSPS) is 10.6. The second-order valence-electron chi connectivity index (χ2n) is 5.40. The van der Waals surface area contributed by atoms with Crippen molar-refractivity contribution in [1.82, 2.24) is 20.1 Å². The maximum atomic E-state index is 6.18. The van der Waals surface area contributed by atoms with Crippen molar-refractivity contribution in [3.05, 3.63) is 75.0 Å². The Morgan fingerprint density at radius 1 is 1.04 bits per heavy atom. The van der Waals surface area contributed by atoms with Crippen molar-refractivity contribution in [2.75, 3.05) is 5.32 Å². The molecule has 1 heterocycles. The van der Waals surface area contributed by atoms with Crippen molar-refractivity contribution in [3.63, 3.8) is 0 Å². The quantitative estimate of drug-likeness (QED) is 0.575. The Kier molecular flexibility index (Phi) is 6.32. The molecule has 0 fully saturated rings. The molecule has 3 aromatic rings. The number of nitrogens with zero attached hydrogens (tertiary/aromatic N) is 3. The molecule has 1 aromatic heterocycles. The van der Waals surface area contributed by atoms with Crippen LogP contribution in [0.3, 0.4) is 0 Å². The fourth-order valence-electron chi connectivity index (χ4n) is 2.20. The zero-order chi connectivity index (χ0) is 18.5. The lowest BCUT2D eigenvalue weighted by atomic mass is 10.2. The number of anilines is 1. The second-order valence-corrected chi connectivity index (χ2v) is 7.06. The van der Waals surface area contributed by atoms with Gasteiger partial charge >= 0.3 is 0 Å². The van der Waals surface area contributed by atoms with E-state index in [1.54, 1.807) is 29.2 Å². The van der Waals surface area contributed by atoms with Crippen LogP contribution in [0.5, 0.6) is 0 Å². The predicted molar refractivity (Wildman–Crippen MR) is 110 cm³/mol. The SMILES string of the molecule is S=C(NCc1ccc(Cl)cc1)Nc1ncn(Cc2c(Cl)cccc2Cl)n1. The summed E-state index contributed by atoms with van der Waals surface area (Å²) in [7, 11) is 0. The summed E-state index contributed by atoms with van der Waals surface area (Å²) in [6.07, 6.45) is 1.59. The van der Waals surface area contributed by atoms with Gasteiger partial charge in [0.25, 0.3) is 0 Å². The van der Waals surface area contributed by atoms with Crippen LogP contribution >= 0.6 is 47.0 Å². The molecule has 134 valence electrons. The van der Waals surface area contributed by atoms with E-state index in [0.29, 0.717) is 39.2 Å². The minimum absolute atomic E-state index is 0.391. The van der Waals surface area contributed by atoms with Gasteiger partial charge in [0.05, 0.1) is 6.54 Å². The average molecular weight is 427 g/mol. The van der Waals surface area contributed by atoms with Gasteiger partial charge in [-0.3, -0.25) is 5.32 Å². The number of thiocarbonyl (C=S) groups is 1. The van der Waals surface area contributed by atoms with Crippen LogP contribution in [0.25, 0.3) is 0 Å². The smallest absolute Gasteiger partial charge is 0.248 e. The summed E-state index contributed by atoms with van der Waals surface area (Å²) in [4.78, 5) is 4.19. The number of hydrogen-bond donors (Lipinski definition) is 2. The average Bonchev–Trinajstić information content (AvgIpc) is 3.05. The fourth-order valence-corrected chi connectivity index (χ4v) is 3.01. The number of nitrogens with one attached hydrogen (secondary N) is 2. The molecule has 0 saturated carbocycles. The Hall–Kier alpha value is -1.86. The van der Waals surface area contributed by atoms with Gasteiger partial charge in [0.2, 0.25) is 5.95 Å². The molecule has 3 rings (SSSR count). The van der Waals surface area contributed by atoms with Crippen LogP contribution < -0.4 is 10.6 Å². The molecule has 0 unspecified atom stereocenters. The first kappa shape index (κ1) is 18.9. The zero-order valence-corrected chi connectivity index (χ0v) is 16.5. The highest BCUT2D eigenvalue weighted by molar-refractivity contribution is 7.80. The summed E-state index contributed by atoms with van der Waals surface area (Å²) < 4.78 is 1.64. The number of benzene rings is 2. The van der Waals surface area contributed by atoms with Crippen molar-refractivity contribution in [1.29, 1.82) is 0 Å². The first-order chi connectivity index (χ1) is 12.5. The Bertz CT molecular complexity index is 891. The summed E-state index contributed by atoms with van der Waals surface area (Å²) in [5, 5.41) is 12.7. The number of halogens is 3. The van der Waals surface area contributed by atoms with Crippen LogP contribution in [0.2, 0.25) is 15.1 Å². The van der Waals surface area contributed by atoms with Gasteiger partial charge in [0.15, 0.2) is 5.11 Å². The molecule has 2 aromatic carbocycles. The van der Waals surface area contributed by atoms with E-state index in [2.05, 4.69) is 20.7 Å². The van der Waals surface area contributed by atoms with Crippen molar-refractivity contribution >= 4 is 58.1 Å². The van der Waals surface area contributed by atoms with Gasteiger partial charge in [-0.25, -0.2) is 9.67 Å². The Morgan fingerprint density at radius 3 is 2.42 bits per heavy atom. The van der Waals surface area contributed by atoms with Crippen LogP contribution in [-0.4, -0.2) is 19.9 Å². The van der Waals surface area contributed by atoms with E-state index in [0.717, 1.165) is 11.1 Å². The van der Waals surface area contributed by atoms with Gasteiger partial charge in [-0.05, 0) is 42.0 Å². The van der Waals surface area contributed by atoms with Crippen LogP contribution in [0.15, 0.2) is 48.8 Å². The summed E-state index contributed by atoms with van der Waals surface area (Å²) in [5.41, 5.74) is 1.85. The molecule has 0 aliphatic heterocycles. The molecule has 0 saturated heterocycles. The Balaban J connectivity index is 1.56. The van der Waals surface area contributed by atoms with Crippen molar-refractivity contribution in [2.45, 2.75) is 13.1 Å². The lowest BCUT2D eigenvalue weighted by Crippen LogP contribution is -2.28. The number of aromatic nitrogens is 3. The highest BCUT2D eigenvalue weighted by atomic mass is 35.5. The van der Waals surface area contributed by atoms with E-state index in [9.17, 15) is 0 Å². The molecule has 2 N–H and O–H groups in total. The van der Waals surface area contributed by atoms with Gasteiger partial charge in [-0.15, -0.1) is 5.10 Å². The molecule has 5 nitrogen and oxygen atoms in total. The van der Waals surface area contributed by atoms with E-state index in [4.69, 9.17) is 47.0 Å². The minimum Gasteiger partial charge on any atom is -0.358 e. The lowest BCUT2D eigenvalue weighted by Gasteiger charge is -2.08. The van der Waals surface area contributed by atoms with E-state index in [-0.39, 0.29) is 0 Å². The third-order valence-corrected chi connectivity index (χ3v) is 4.72. The molecule has 0 aliphatic carbocycles.